The Hall–Kier alpha value is -0.860. The number of guanidine groups is 1. The maximum absolute atomic E-state index is 5.61. The first kappa shape index (κ1) is 26.1. The van der Waals surface area contributed by atoms with Crippen molar-refractivity contribution in [3.8, 4) is 0 Å². The van der Waals surface area contributed by atoms with Crippen LogP contribution in [0.15, 0.2) is 29.3 Å². The summed E-state index contributed by atoms with van der Waals surface area (Å²) in [5.74, 6) is 0.795. The molecule has 156 valence electrons. The smallest absolute Gasteiger partial charge is 0.191 e. The summed E-state index contributed by atoms with van der Waals surface area (Å²) in [5.41, 5.74) is 2.72. The molecule has 0 radical (unpaired) electrons. The minimum atomic E-state index is 0. The zero-order valence-electron chi connectivity index (χ0n) is 18.3. The molecule has 0 bridgehead atoms. The summed E-state index contributed by atoms with van der Waals surface area (Å²) in [7, 11) is 5.72. The molecule has 0 aliphatic carbocycles. The van der Waals surface area contributed by atoms with Crippen LogP contribution in [0.5, 0.6) is 0 Å². The fourth-order valence-corrected chi connectivity index (χ4v) is 2.67. The number of ether oxygens (including phenoxy) is 1. The Morgan fingerprint density at radius 1 is 1.15 bits per heavy atom. The van der Waals surface area contributed by atoms with Gasteiger partial charge in [0.15, 0.2) is 5.96 Å². The van der Waals surface area contributed by atoms with Crippen LogP contribution in [-0.2, 0) is 17.8 Å². The monoisotopic (exact) mass is 490 g/mol. The van der Waals surface area contributed by atoms with Gasteiger partial charge >= 0.3 is 0 Å². The Kier molecular flexibility index (Phi) is 12.2. The average Bonchev–Trinajstić information content (AvgIpc) is 2.57. The lowest BCUT2D eigenvalue weighted by Crippen LogP contribution is -2.45. The summed E-state index contributed by atoms with van der Waals surface area (Å²) in [5, 5.41) is 6.80. The third-order valence-corrected chi connectivity index (χ3v) is 4.79. The van der Waals surface area contributed by atoms with Gasteiger partial charge in [-0.15, -0.1) is 24.0 Å². The van der Waals surface area contributed by atoms with Crippen molar-refractivity contribution < 1.29 is 4.74 Å². The van der Waals surface area contributed by atoms with Crippen molar-refractivity contribution in [3.05, 3.63) is 35.4 Å². The van der Waals surface area contributed by atoms with Crippen LogP contribution in [0.3, 0.4) is 0 Å². The number of hydrogen-bond donors (Lipinski definition) is 2. The molecule has 0 fully saturated rings. The first-order chi connectivity index (χ1) is 12.2. The molecule has 0 saturated heterocycles. The second kappa shape index (κ2) is 12.6. The van der Waals surface area contributed by atoms with Crippen LogP contribution >= 0.6 is 24.0 Å². The van der Waals surface area contributed by atoms with Gasteiger partial charge in [-0.3, -0.25) is 9.89 Å². The summed E-state index contributed by atoms with van der Waals surface area (Å²) in [6.45, 7) is 13.4. The molecule has 6 heteroatoms. The van der Waals surface area contributed by atoms with E-state index in [0.29, 0.717) is 6.04 Å². The quantitative estimate of drug-likeness (QED) is 0.330. The average molecular weight is 490 g/mol. The number of methoxy groups -OCH3 is 1. The molecular weight excluding hydrogens is 451 g/mol. The Labute approximate surface area is 183 Å². The zero-order chi connectivity index (χ0) is 19.7. The highest BCUT2D eigenvalue weighted by molar-refractivity contribution is 14.0. The third-order valence-electron chi connectivity index (χ3n) is 4.79. The van der Waals surface area contributed by atoms with E-state index < -0.39 is 0 Å². The topological polar surface area (TPSA) is 48.9 Å². The van der Waals surface area contributed by atoms with E-state index in [9.17, 15) is 0 Å². The van der Waals surface area contributed by atoms with Gasteiger partial charge < -0.3 is 15.4 Å². The maximum atomic E-state index is 5.61. The van der Waals surface area contributed by atoms with Crippen molar-refractivity contribution in [2.45, 2.75) is 59.9 Å². The summed E-state index contributed by atoms with van der Waals surface area (Å²) in [6, 6.07) is 9.09. The van der Waals surface area contributed by atoms with Gasteiger partial charge in [0, 0.05) is 39.8 Å². The second-order valence-electron chi connectivity index (χ2n) is 8.17. The highest BCUT2D eigenvalue weighted by Gasteiger charge is 2.24. The predicted octanol–water partition coefficient (Wildman–Crippen LogP) is 3.87. The van der Waals surface area contributed by atoms with Crippen molar-refractivity contribution >= 4 is 29.9 Å². The normalized spacial score (nSPS) is 13.5. The van der Waals surface area contributed by atoms with Gasteiger partial charge in [0.2, 0.25) is 0 Å². The predicted molar refractivity (Wildman–Crippen MR) is 127 cm³/mol. The van der Waals surface area contributed by atoms with Gasteiger partial charge in [-0.05, 0) is 37.4 Å². The van der Waals surface area contributed by atoms with Crippen molar-refractivity contribution in [3.63, 3.8) is 0 Å². The SMILES string of the molecule is CN=C(NCc1ccccc1CN(C)C(C)C)NCC(OC)C(C)(C)C.I. The number of rotatable bonds is 8. The minimum absolute atomic E-state index is 0. The lowest BCUT2D eigenvalue weighted by atomic mass is 9.89. The molecule has 0 aromatic heterocycles. The molecule has 1 rings (SSSR count). The van der Waals surface area contributed by atoms with E-state index in [1.54, 1.807) is 14.2 Å². The van der Waals surface area contributed by atoms with Crippen LogP contribution in [0, 0.1) is 5.41 Å². The number of hydrogen-bond acceptors (Lipinski definition) is 3. The van der Waals surface area contributed by atoms with E-state index in [4.69, 9.17) is 4.74 Å². The van der Waals surface area contributed by atoms with E-state index in [-0.39, 0.29) is 35.5 Å². The van der Waals surface area contributed by atoms with E-state index in [0.717, 1.165) is 25.6 Å². The largest absolute Gasteiger partial charge is 0.379 e. The Balaban J connectivity index is 0.00000676. The Morgan fingerprint density at radius 2 is 1.74 bits per heavy atom. The van der Waals surface area contributed by atoms with Crippen molar-refractivity contribution in [1.29, 1.82) is 0 Å². The van der Waals surface area contributed by atoms with Gasteiger partial charge in [-0.25, -0.2) is 0 Å². The highest BCUT2D eigenvalue weighted by Crippen LogP contribution is 2.20. The molecule has 1 aromatic rings. The number of nitrogens with zero attached hydrogens (tertiary/aromatic N) is 2. The maximum Gasteiger partial charge on any atom is 0.191 e. The summed E-state index contributed by atoms with van der Waals surface area (Å²) in [4.78, 5) is 6.68. The molecule has 0 amide bonds. The lowest BCUT2D eigenvalue weighted by Gasteiger charge is -2.30. The van der Waals surface area contributed by atoms with Gasteiger partial charge in [-0.1, -0.05) is 45.0 Å². The molecule has 27 heavy (non-hydrogen) atoms. The van der Waals surface area contributed by atoms with Crippen LogP contribution in [0.1, 0.15) is 45.7 Å². The van der Waals surface area contributed by atoms with E-state index in [1.165, 1.54) is 11.1 Å². The molecule has 1 aromatic carbocycles. The van der Waals surface area contributed by atoms with Crippen LogP contribution in [0.4, 0.5) is 0 Å². The van der Waals surface area contributed by atoms with Crippen molar-refractivity contribution in [1.82, 2.24) is 15.5 Å². The minimum Gasteiger partial charge on any atom is -0.379 e. The third kappa shape index (κ3) is 9.25. The van der Waals surface area contributed by atoms with Gasteiger partial charge in [0.05, 0.1) is 6.10 Å². The Morgan fingerprint density at radius 3 is 2.22 bits per heavy atom. The van der Waals surface area contributed by atoms with E-state index in [1.807, 2.05) is 0 Å². The summed E-state index contributed by atoms with van der Waals surface area (Å²) < 4.78 is 5.61. The zero-order valence-corrected chi connectivity index (χ0v) is 20.6. The van der Waals surface area contributed by atoms with Crippen LogP contribution in [0.25, 0.3) is 0 Å². The molecule has 0 spiro atoms. The van der Waals surface area contributed by atoms with E-state index >= 15 is 0 Å². The number of benzene rings is 1. The first-order valence-electron chi connectivity index (χ1n) is 9.43. The number of halogens is 1. The van der Waals surface area contributed by atoms with E-state index in [2.05, 4.69) is 86.5 Å². The highest BCUT2D eigenvalue weighted by atomic mass is 127. The summed E-state index contributed by atoms with van der Waals surface area (Å²) in [6.07, 6.45) is 0.119. The van der Waals surface area contributed by atoms with Crippen molar-refractivity contribution in [2.24, 2.45) is 10.4 Å². The standard InChI is InChI=1S/C21H38N4O.HI/c1-16(2)25(7)15-18-12-10-9-11-17(18)13-23-20(22-6)24-14-19(26-8)21(3,4)5;/h9-12,16,19H,13-15H2,1-8H3,(H2,22,23,24);1H. The number of aliphatic imine (C=N–C) groups is 1. The van der Waals surface area contributed by atoms with Crippen LogP contribution in [0.2, 0.25) is 0 Å². The molecule has 0 heterocycles. The molecule has 5 nitrogen and oxygen atoms in total. The van der Waals surface area contributed by atoms with Crippen LogP contribution < -0.4 is 10.6 Å². The lowest BCUT2D eigenvalue weighted by molar-refractivity contribution is 0.0205. The summed E-state index contributed by atoms with van der Waals surface area (Å²) >= 11 is 0. The molecular formula is C21H39IN4O. The van der Waals surface area contributed by atoms with Gasteiger partial charge in [0.25, 0.3) is 0 Å². The fourth-order valence-electron chi connectivity index (χ4n) is 2.67. The first-order valence-corrected chi connectivity index (χ1v) is 9.43. The second-order valence-corrected chi connectivity index (χ2v) is 8.17. The van der Waals surface area contributed by atoms with Crippen molar-refractivity contribution in [2.75, 3.05) is 27.7 Å². The van der Waals surface area contributed by atoms with Gasteiger partial charge in [-0.2, -0.15) is 0 Å². The van der Waals surface area contributed by atoms with Gasteiger partial charge in [0.1, 0.15) is 0 Å². The Bertz CT molecular complexity index is 570. The molecule has 1 unspecified atom stereocenters. The molecule has 2 N–H and O–H groups in total. The fraction of sp³-hybridized carbons (Fsp3) is 0.667. The van der Waals surface area contributed by atoms with Crippen LogP contribution in [-0.4, -0.2) is 50.8 Å². The molecule has 0 aliphatic heterocycles. The molecule has 1 atom stereocenters. The molecule has 0 aliphatic rings. The molecule has 0 saturated carbocycles. The number of nitrogens with one attached hydrogen (secondary N) is 2.